The molecule has 0 unspecified atom stereocenters. The molecule has 0 aromatic heterocycles. The lowest BCUT2D eigenvalue weighted by Gasteiger charge is -2.11. The van der Waals surface area contributed by atoms with Crippen molar-refractivity contribution in [3.05, 3.63) is 71.3 Å². The average Bonchev–Trinajstić information content (AvgIpc) is 2.77. The van der Waals surface area contributed by atoms with E-state index in [2.05, 4.69) is 29.7 Å². The number of halogens is 2. The number of aryl methyl sites for hydroxylation is 2. The zero-order valence-corrected chi connectivity index (χ0v) is 20.0. The van der Waals surface area contributed by atoms with E-state index in [9.17, 15) is 9.59 Å². The second-order valence-electron chi connectivity index (χ2n) is 7.52. The molecule has 1 atom stereocenters. The van der Waals surface area contributed by atoms with Crippen LogP contribution >= 0.6 is 24.8 Å². The molecule has 8 heteroatoms. The van der Waals surface area contributed by atoms with Crippen molar-refractivity contribution >= 4 is 36.7 Å². The topological polar surface area (TPSA) is 107 Å². The van der Waals surface area contributed by atoms with E-state index in [0.717, 1.165) is 44.1 Å². The molecule has 0 saturated heterocycles. The zero-order chi connectivity index (χ0) is 21.6. The first-order valence-electron chi connectivity index (χ1n) is 10.7. The van der Waals surface area contributed by atoms with Crippen molar-refractivity contribution < 1.29 is 14.4 Å². The van der Waals surface area contributed by atoms with E-state index in [1.807, 2.05) is 30.3 Å². The second-order valence-corrected chi connectivity index (χ2v) is 7.52. The van der Waals surface area contributed by atoms with Crippen LogP contribution in [0, 0.1) is 0 Å². The summed E-state index contributed by atoms with van der Waals surface area (Å²) in [6.07, 6.45) is 6.55. The highest BCUT2D eigenvalue weighted by atomic mass is 35.5. The molecular weight excluding hydrogens is 449 g/mol. The first kappa shape index (κ1) is 29.9. The van der Waals surface area contributed by atoms with Gasteiger partial charge in [-0.25, -0.2) is 4.79 Å². The van der Waals surface area contributed by atoms with Crippen LogP contribution in [0.1, 0.15) is 48.8 Å². The lowest BCUT2D eigenvalue weighted by molar-refractivity contribution is -0.159. The molecule has 178 valence electrons. The summed E-state index contributed by atoms with van der Waals surface area (Å²) in [6, 6.07) is 17.7. The maximum atomic E-state index is 12.0. The van der Waals surface area contributed by atoms with Crippen LogP contribution in [0.4, 0.5) is 0 Å². The van der Waals surface area contributed by atoms with Gasteiger partial charge < -0.3 is 16.3 Å². The summed E-state index contributed by atoms with van der Waals surface area (Å²) >= 11 is 0. The zero-order valence-electron chi connectivity index (χ0n) is 18.3. The average molecular weight is 484 g/mol. The normalized spacial score (nSPS) is 10.9. The van der Waals surface area contributed by atoms with Crippen LogP contribution in [0.2, 0.25) is 0 Å². The van der Waals surface area contributed by atoms with Crippen molar-refractivity contribution in [3.63, 3.8) is 0 Å². The number of unbranched alkanes of at least 4 members (excludes halogenated alkanes) is 2. The molecule has 0 heterocycles. The fourth-order valence-electron chi connectivity index (χ4n) is 3.16. The summed E-state index contributed by atoms with van der Waals surface area (Å²) in [4.78, 5) is 28.5. The van der Waals surface area contributed by atoms with Crippen molar-refractivity contribution in [2.75, 3.05) is 6.54 Å². The molecule has 5 N–H and O–H groups in total. The maximum absolute atomic E-state index is 12.0. The second kappa shape index (κ2) is 17.4. The number of nitrogens with one attached hydrogen (secondary N) is 1. The predicted octanol–water partition coefficient (Wildman–Crippen LogP) is 3.67. The standard InChI is InChI=1S/C24H33N3O3.2ClH/c25-17-7-6-12-22(26)24(29)30-27-23(28)18-21-15-13-20(14-16-21)11-5-4-10-19-8-2-1-3-9-19;;/h1-3,8-9,13-16,22H,4-7,10-12,17-18,25-26H2,(H,27,28);2*1H/t22-;;/m0../s1. The molecule has 0 bridgehead atoms. The smallest absolute Gasteiger partial charge is 0.339 e. The van der Waals surface area contributed by atoms with Gasteiger partial charge in [0.2, 0.25) is 0 Å². The third kappa shape index (κ3) is 12.1. The fraction of sp³-hybridized carbons (Fsp3) is 0.417. The Bertz CT molecular complexity index is 774. The Morgan fingerprint density at radius 2 is 1.38 bits per heavy atom. The number of nitrogens with two attached hydrogens (primary N) is 2. The van der Waals surface area contributed by atoms with E-state index in [1.165, 1.54) is 11.1 Å². The number of rotatable bonds is 12. The molecule has 0 aliphatic rings. The highest BCUT2D eigenvalue weighted by molar-refractivity contribution is 5.85. The SMILES string of the molecule is Cl.Cl.NCCCC[C@H](N)C(=O)ONC(=O)Cc1ccc(CCCCc2ccccc2)cc1. The maximum Gasteiger partial charge on any atom is 0.348 e. The molecule has 6 nitrogen and oxygen atoms in total. The molecule has 0 fully saturated rings. The summed E-state index contributed by atoms with van der Waals surface area (Å²) in [5.41, 5.74) is 16.8. The number of hydrogen-bond donors (Lipinski definition) is 3. The largest absolute Gasteiger partial charge is 0.348 e. The van der Waals surface area contributed by atoms with Gasteiger partial charge in [0.05, 0.1) is 6.42 Å². The van der Waals surface area contributed by atoms with Crippen molar-refractivity contribution in [3.8, 4) is 0 Å². The van der Waals surface area contributed by atoms with E-state index in [-0.39, 0.29) is 37.1 Å². The Labute approximate surface area is 203 Å². The van der Waals surface area contributed by atoms with Crippen LogP contribution in [0.3, 0.4) is 0 Å². The molecule has 0 aliphatic carbocycles. The quantitative estimate of drug-likeness (QED) is 0.315. The summed E-state index contributed by atoms with van der Waals surface area (Å²) in [5.74, 6) is -1.01. The molecule has 1 amide bonds. The lowest BCUT2D eigenvalue weighted by atomic mass is 10.0. The molecule has 0 aliphatic heterocycles. The van der Waals surface area contributed by atoms with Gasteiger partial charge in [-0.3, -0.25) is 4.79 Å². The minimum atomic E-state index is -0.752. The van der Waals surface area contributed by atoms with Crippen LogP contribution in [0.15, 0.2) is 54.6 Å². The summed E-state index contributed by atoms with van der Waals surface area (Å²) in [7, 11) is 0. The highest BCUT2D eigenvalue weighted by Gasteiger charge is 2.16. The van der Waals surface area contributed by atoms with Gasteiger partial charge in [0.25, 0.3) is 5.91 Å². The van der Waals surface area contributed by atoms with E-state index >= 15 is 0 Å². The van der Waals surface area contributed by atoms with Gasteiger partial charge in [0.1, 0.15) is 6.04 Å². The van der Waals surface area contributed by atoms with Gasteiger partial charge in [0, 0.05) is 0 Å². The van der Waals surface area contributed by atoms with Crippen molar-refractivity contribution in [1.82, 2.24) is 5.48 Å². The molecule has 0 radical (unpaired) electrons. The molecule has 2 rings (SSSR count). The third-order valence-corrected chi connectivity index (χ3v) is 4.95. The Hall–Kier alpha value is -2.12. The van der Waals surface area contributed by atoms with Crippen LogP contribution in [0.5, 0.6) is 0 Å². The van der Waals surface area contributed by atoms with Gasteiger partial charge >= 0.3 is 5.97 Å². The fourth-order valence-corrected chi connectivity index (χ4v) is 3.16. The number of benzene rings is 2. The Kier molecular flexibility index (Phi) is 16.3. The number of carbonyl (C=O) groups is 2. The molecule has 32 heavy (non-hydrogen) atoms. The molecule has 0 spiro atoms. The van der Waals surface area contributed by atoms with E-state index in [4.69, 9.17) is 16.3 Å². The van der Waals surface area contributed by atoms with E-state index in [0.29, 0.717) is 13.0 Å². The van der Waals surface area contributed by atoms with Crippen molar-refractivity contribution in [1.29, 1.82) is 0 Å². The number of carbonyl (C=O) groups excluding carboxylic acids is 2. The third-order valence-electron chi connectivity index (χ3n) is 4.95. The first-order chi connectivity index (χ1) is 14.6. The minimum absolute atomic E-state index is 0. The Morgan fingerprint density at radius 1 is 0.812 bits per heavy atom. The first-order valence-corrected chi connectivity index (χ1v) is 10.7. The van der Waals surface area contributed by atoms with Crippen molar-refractivity contribution in [2.24, 2.45) is 11.5 Å². The molecule has 0 saturated carbocycles. The molecule has 2 aromatic carbocycles. The van der Waals surface area contributed by atoms with Crippen molar-refractivity contribution in [2.45, 2.75) is 57.4 Å². The van der Waals surface area contributed by atoms with Crippen LogP contribution in [-0.4, -0.2) is 24.5 Å². The highest BCUT2D eigenvalue weighted by Crippen LogP contribution is 2.11. The monoisotopic (exact) mass is 483 g/mol. The van der Waals surface area contributed by atoms with Gasteiger partial charge in [0.15, 0.2) is 0 Å². The molecule has 2 aromatic rings. The number of amides is 1. The van der Waals surface area contributed by atoms with E-state index in [1.54, 1.807) is 0 Å². The predicted molar refractivity (Wildman–Crippen MR) is 133 cm³/mol. The molecular formula is C24H35Cl2N3O3. The van der Waals surface area contributed by atoms with Gasteiger partial charge in [-0.15, -0.1) is 24.8 Å². The van der Waals surface area contributed by atoms with Crippen LogP contribution in [-0.2, 0) is 33.7 Å². The van der Waals surface area contributed by atoms with Gasteiger partial charge in [-0.2, -0.15) is 5.48 Å². The summed E-state index contributed by atoms with van der Waals surface area (Å²) in [6.45, 7) is 0.560. The van der Waals surface area contributed by atoms with E-state index < -0.39 is 12.0 Å². The van der Waals surface area contributed by atoms with Gasteiger partial charge in [-0.1, -0.05) is 61.0 Å². The minimum Gasteiger partial charge on any atom is -0.339 e. The lowest BCUT2D eigenvalue weighted by Crippen LogP contribution is -2.38. The number of hydrogen-bond acceptors (Lipinski definition) is 5. The Balaban J connectivity index is 0.00000480. The van der Waals surface area contributed by atoms with Crippen LogP contribution in [0.25, 0.3) is 0 Å². The van der Waals surface area contributed by atoms with Gasteiger partial charge in [-0.05, 0) is 61.8 Å². The summed E-state index contributed by atoms with van der Waals surface area (Å²) in [5, 5.41) is 0. The summed E-state index contributed by atoms with van der Waals surface area (Å²) < 4.78 is 0. The number of hydroxylamine groups is 1. The van der Waals surface area contributed by atoms with Crippen LogP contribution < -0.4 is 16.9 Å². The Morgan fingerprint density at radius 3 is 1.97 bits per heavy atom.